The third-order valence-electron chi connectivity index (χ3n) is 6.00. The van der Waals surface area contributed by atoms with Crippen LogP contribution in [0.15, 0.2) is 42.5 Å². The van der Waals surface area contributed by atoms with Crippen LogP contribution in [0.2, 0.25) is 0 Å². The van der Waals surface area contributed by atoms with Crippen molar-refractivity contribution in [3.05, 3.63) is 59.4 Å². The molecule has 0 aliphatic carbocycles. The fraction of sp³-hybridized carbons (Fsp3) is 0.458. The SMILES string of the molecule is CC1CCCCN1CCCN(Cc1ccc2c(c1)OCO2)C(=O)c1ccc(F)cc1. The zero-order chi connectivity index (χ0) is 20.9. The first-order valence-corrected chi connectivity index (χ1v) is 10.8. The Morgan fingerprint density at radius 1 is 1.13 bits per heavy atom. The number of halogens is 1. The molecule has 0 N–H and O–H groups in total. The number of carbonyl (C=O) groups excluding carboxylic acids is 1. The lowest BCUT2D eigenvalue weighted by Gasteiger charge is -2.34. The molecule has 2 aliphatic rings. The van der Waals surface area contributed by atoms with Crippen molar-refractivity contribution >= 4 is 5.91 Å². The average Bonchev–Trinajstić information content (AvgIpc) is 3.22. The Hall–Kier alpha value is -2.60. The van der Waals surface area contributed by atoms with Gasteiger partial charge in [-0.3, -0.25) is 4.79 Å². The number of amides is 1. The molecule has 30 heavy (non-hydrogen) atoms. The molecule has 6 heteroatoms. The van der Waals surface area contributed by atoms with Crippen LogP contribution in [-0.4, -0.2) is 48.2 Å². The summed E-state index contributed by atoms with van der Waals surface area (Å²) in [6.45, 7) is 5.75. The summed E-state index contributed by atoms with van der Waals surface area (Å²) in [5, 5.41) is 0. The summed E-state index contributed by atoms with van der Waals surface area (Å²) in [7, 11) is 0. The van der Waals surface area contributed by atoms with Gasteiger partial charge in [0, 0.05) is 31.2 Å². The van der Waals surface area contributed by atoms with Crippen molar-refractivity contribution in [2.24, 2.45) is 0 Å². The van der Waals surface area contributed by atoms with Crippen molar-refractivity contribution in [1.82, 2.24) is 9.80 Å². The number of hydrogen-bond donors (Lipinski definition) is 0. The van der Waals surface area contributed by atoms with Crippen molar-refractivity contribution in [2.75, 3.05) is 26.4 Å². The van der Waals surface area contributed by atoms with Gasteiger partial charge in [-0.1, -0.05) is 12.5 Å². The molecular formula is C24H29FN2O3. The molecule has 1 amide bonds. The number of likely N-dealkylation sites (tertiary alicyclic amines) is 1. The van der Waals surface area contributed by atoms with Gasteiger partial charge in [0.25, 0.3) is 5.91 Å². The predicted molar refractivity (Wildman–Crippen MR) is 113 cm³/mol. The largest absolute Gasteiger partial charge is 0.454 e. The quantitative estimate of drug-likeness (QED) is 0.673. The molecule has 1 saturated heterocycles. The van der Waals surface area contributed by atoms with Crippen LogP contribution in [0.1, 0.15) is 48.5 Å². The maximum Gasteiger partial charge on any atom is 0.254 e. The Kier molecular flexibility index (Phi) is 6.53. The number of ether oxygens (including phenoxy) is 2. The highest BCUT2D eigenvalue weighted by Crippen LogP contribution is 2.33. The van der Waals surface area contributed by atoms with E-state index >= 15 is 0 Å². The molecular weight excluding hydrogens is 383 g/mol. The highest BCUT2D eigenvalue weighted by molar-refractivity contribution is 5.94. The molecule has 160 valence electrons. The normalized spacial score (nSPS) is 18.4. The molecule has 4 rings (SSSR count). The van der Waals surface area contributed by atoms with Crippen molar-refractivity contribution in [1.29, 1.82) is 0 Å². The van der Waals surface area contributed by atoms with E-state index in [9.17, 15) is 9.18 Å². The maximum absolute atomic E-state index is 13.3. The minimum atomic E-state index is -0.340. The summed E-state index contributed by atoms with van der Waals surface area (Å²) < 4.78 is 24.2. The summed E-state index contributed by atoms with van der Waals surface area (Å²) in [5.74, 6) is 1.02. The molecule has 0 aromatic heterocycles. The number of piperidine rings is 1. The summed E-state index contributed by atoms with van der Waals surface area (Å²) in [4.78, 5) is 17.5. The van der Waals surface area contributed by atoms with Crippen LogP contribution in [0.5, 0.6) is 11.5 Å². The third kappa shape index (κ3) is 4.93. The molecule has 0 saturated carbocycles. The summed E-state index contributed by atoms with van der Waals surface area (Å²) >= 11 is 0. The van der Waals surface area contributed by atoms with E-state index in [1.165, 1.54) is 31.4 Å². The second-order valence-corrected chi connectivity index (χ2v) is 8.16. The number of carbonyl (C=O) groups is 1. The van der Waals surface area contributed by atoms with Crippen LogP contribution in [0, 0.1) is 5.82 Å². The molecule has 1 atom stereocenters. The molecule has 2 aromatic carbocycles. The first kappa shape index (κ1) is 20.7. The van der Waals surface area contributed by atoms with E-state index in [-0.39, 0.29) is 18.5 Å². The van der Waals surface area contributed by atoms with Crippen LogP contribution >= 0.6 is 0 Å². The van der Waals surface area contributed by atoms with Gasteiger partial charge in [0.05, 0.1) is 0 Å². The molecule has 2 heterocycles. The second kappa shape index (κ2) is 9.47. The molecule has 1 unspecified atom stereocenters. The highest BCUT2D eigenvalue weighted by atomic mass is 19.1. The fourth-order valence-corrected chi connectivity index (χ4v) is 4.24. The van der Waals surface area contributed by atoms with Gasteiger partial charge in [-0.25, -0.2) is 4.39 Å². The van der Waals surface area contributed by atoms with Crippen molar-refractivity contribution in [3.8, 4) is 11.5 Å². The molecule has 2 aromatic rings. The van der Waals surface area contributed by atoms with Crippen molar-refractivity contribution < 1.29 is 18.7 Å². The van der Waals surface area contributed by atoms with Gasteiger partial charge in [0.2, 0.25) is 6.79 Å². The standard InChI is InChI=1S/C24H29FN2O3/c1-18-5-2-3-12-26(18)13-4-14-27(24(28)20-7-9-21(25)10-8-20)16-19-6-11-22-23(15-19)30-17-29-22/h6-11,15,18H,2-5,12-14,16-17H2,1H3. The van der Waals surface area contributed by atoms with E-state index in [0.717, 1.165) is 30.8 Å². The van der Waals surface area contributed by atoms with Crippen LogP contribution in [0.25, 0.3) is 0 Å². The minimum absolute atomic E-state index is 0.0839. The molecule has 0 spiro atoms. The smallest absolute Gasteiger partial charge is 0.254 e. The van der Waals surface area contributed by atoms with Gasteiger partial charge in [-0.2, -0.15) is 0 Å². The number of fused-ring (bicyclic) bond motifs is 1. The van der Waals surface area contributed by atoms with E-state index in [0.29, 0.717) is 30.4 Å². The zero-order valence-electron chi connectivity index (χ0n) is 17.5. The second-order valence-electron chi connectivity index (χ2n) is 8.16. The first-order valence-electron chi connectivity index (χ1n) is 10.8. The summed E-state index contributed by atoms with van der Waals surface area (Å²) in [5.41, 5.74) is 1.49. The lowest BCUT2D eigenvalue weighted by molar-refractivity contribution is 0.0726. The first-order chi connectivity index (χ1) is 14.6. The highest BCUT2D eigenvalue weighted by Gasteiger charge is 2.21. The topological polar surface area (TPSA) is 42.0 Å². The lowest BCUT2D eigenvalue weighted by atomic mass is 10.0. The van der Waals surface area contributed by atoms with Gasteiger partial charge in [-0.15, -0.1) is 0 Å². The number of rotatable bonds is 7. The molecule has 0 bridgehead atoms. The lowest BCUT2D eigenvalue weighted by Crippen LogP contribution is -2.40. The van der Waals surface area contributed by atoms with Crippen LogP contribution in [0.4, 0.5) is 4.39 Å². The number of hydrogen-bond acceptors (Lipinski definition) is 4. The zero-order valence-corrected chi connectivity index (χ0v) is 17.5. The van der Waals surface area contributed by atoms with Crippen LogP contribution in [-0.2, 0) is 6.54 Å². The fourth-order valence-electron chi connectivity index (χ4n) is 4.24. The molecule has 5 nitrogen and oxygen atoms in total. The summed E-state index contributed by atoms with van der Waals surface area (Å²) in [6, 6.07) is 12.2. The van der Waals surface area contributed by atoms with Gasteiger partial charge < -0.3 is 19.3 Å². The van der Waals surface area contributed by atoms with E-state index in [1.54, 1.807) is 12.1 Å². The van der Waals surface area contributed by atoms with Gasteiger partial charge >= 0.3 is 0 Å². The van der Waals surface area contributed by atoms with E-state index in [4.69, 9.17) is 9.47 Å². The van der Waals surface area contributed by atoms with Gasteiger partial charge in [0.1, 0.15) is 5.82 Å². The van der Waals surface area contributed by atoms with E-state index < -0.39 is 0 Å². The maximum atomic E-state index is 13.3. The summed E-state index contributed by atoms with van der Waals surface area (Å²) in [6.07, 6.45) is 4.70. The minimum Gasteiger partial charge on any atom is -0.454 e. The Labute approximate surface area is 177 Å². The van der Waals surface area contributed by atoms with Crippen LogP contribution in [0.3, 0.4) is 0 Å². The number of benzene rings is 2. The predicted octanol–water partition coefficient (Wildman–Crippen LogP) is 4.46. The molecule has 1 fully saturated rings. The molecule has 2 aliphatic heterocycles. The Bertz CT molecular complexity index is 871. The van der Waals surface area contributed by atoms with Crippen molar-refractivity contribution in [3.63, 3.8) is 0 Å². The van der Waals surface area contributed by atoms with E-state index in [1.807, 2.05) is 23.1 Å². The van der Waals surface area contributed by atoms with Crippen molar-refractivity contribution in [2.45, 2.75) is 45.2 Å². The average molecular weight is 413 g/mol. The number of nitrogens with zero attached hydrogens (tertiary/aromatic N) is 2. The van der Waals surface area contributed by atoms with E-state index in [2.05, 4.69) is 11.8 Å². The van der Waals surface area contributed by atoms with Gasteiger partial charge in [0.15, 0.2) is 11.5 Å². The Morgan fingerprint density at radius 3 is 2.73 bits per heavy atom. The van der Waals surface area contributed by atoms with Gasteiger partial charge in [-0.05, 0) is 74.7 Å². The molecule has 0 radical (unpaired) electrons. The third-order valence-corrected chi connectivity index (χ3v) is 6.00. The Morgan fingerprint density at radius 2 is 1.93 bits per heavy atom. The van der Waals surface area contributed by atoms with Crippen LogP contribution < -0.4 is 9.47 Å². The Balaban J connectivity index is 1.45. The monoisotopic (exact) mass is 412 g/mol.